The van der Waals surface area contributed by atoms with Crippen molar-refractivity contribution in [2.75, 3.05) is 13.7 Å². The van der Waals surface area contributed by atoms with Gasteiger partial charge in [-0.3, -0.25) is 14.4 Å². The Bertz CT molecular complexity index is 572. The van der Waals surface area contributed by atoms with Crippen LogP contribution in [-0.2, 0) is 9.59 Å². The van der Waals surface area contributed by atoms with Crippen molar-refractivity contribution in [2.45, 2.75) is 19.4 Å². The van der Waals surface area contributed by atoms with Gasteiger partial charge in [-0.15, -0.1) is 0 Å². The molecular weight excluding hydrogens is 292 g/mol. The van der Waals surface area contributed by atoms with Crippen LogP contribution in [0, 0.1) is 0 Å². The molecule has 8 nitrogen and oxygen atoms in total. The van der Waals surface area contributed by atoms with E-state index in [9.17, 15) is 14.4 Å². The molecule has 0 aromatic heterocycles. The van der Waals surface area contributed by atoms with Crippen molar-refractivity contribution in [3.05, 3.63) is 23.8 Å². The van der Waals surface area contributed by atoms with Crippen molar-refractivity contribution in [3.63, 3.8) is 0 Å². The number of carboxylic acid groups (broad SMARTS) is 1. The molecule has 1 unspecified atom stereocenters. The van der Waals surface area contributed by atoms with Crippen LogP contribution in [0.4, 0.5) is 0 Å². The van der Waals surface area contributed by atoms with Crippen molar-refractivity contribution in [2.24, 2.45) is 5.73 Å². The van der Waals surface area contributed by atoms with Gasteiger partial charge in [0, 0.05) is 11.6 Å². The van der Waals surface area contributed by atoms with Gasteiger partial charge in [0.15, 0.2) is 18.1 Å². The number of nitrogens with two attached hydrogens (primary N) is 1. The molecule has 1 aromatic carbocycles. The topological polar surface area (TPSA) is 128 Å². The largest absolute Gasteiger partial charge is 0.493 e. The number of aliphatic carboxylic acids is 1. The molecule has 0 saturated heterocycles. The van der Waals surface area contributed by atoms with E-state index in [1.165, 1.54) is 25.3 Å². The molecular formula is C14H18N2O6. The maximum atomic E-state index is 12.0. The van der Waals surface area contributed by atoms with Crippen LogP contribution in [0.5, 0.6) is 11.5 Å². The molecule has 0 spiro atoms. The molecule has 0 aliphatic carbocycles. The van der Waals surface area contributed by atoms with E-state index >= 15 is 0 Å². The molecule has 0 aliphatic heterocycles. The van der Waals surface area contributed by atoms with Gasteiger partial charge in [0.1, 0.15) is 0 Å². The zero-order valence-corrected chi connectivity index (χ0v) is 12.3. The Kier molecular flexibility index (Phi) is 6.18. The van der Waals surface area contributed by atoms with E-state index < -0.39 is 23.8 Å². The highest BCUT2D eigenvalue weighted by molar-refractivity contribution is 5.95. The minimum Gasteiger partial charge on any atom is -0.493 e. The van der Waals surface area contributed by atoms with Gasteiger partial charge in [0.05, 0.1) is 13.5 Å². The molecule has 8 heteroatoms. The molecule has 0 bridgehead atoms. The molecule has 22 heavy (non-hydrogen) atoms. The Labute approximate surface area is 127 Å². The van der Waals surface area contributed by atoms with Crippen LogP contribution in [0.2, 0.25) is 0 Å². The lowest BCUT2D eigenvalue weighted by Crippen LogP contribution is -2.34. The average Bonchev–Trinajstić information content (AvgIpc) is 2.43. The van der Waals surface area contributed by atoms with Gasteiger partial charge < -0.3 is 25.6 Å². The Hall–Kier alpha value is -2.77. The van der Waals surface area contributed by atoms with Crippen LogP contribution >= 0.6 is 0 Å². The summed E-state index contributed by atoms with van der Waals surface area (Å²) in [4.78, 5) is 33.3. The lowest BCUT2D eigenvalue weighted by molar-refractivity contribution is -0.137. The van der Waals surface area contributed by atoms with E-state index in [4.69, 9.17) is 20.3 Å². The fraction of sp³-hybridized carbons (Fsp3) is 0.357. The molecule has 1 atom stereocenters. The standard InChI is InChI=1S/C14H18N2O6/c1-8(5-13(18)19)16-14(20)9-3-4-10(11(6-9)21-2)22-7-12(15)17/h3-4,6,8H,5,7H2,1-2H3,(H2,15,17)(H,16,20)(H,18,19). The van der Waals surface area contributed by atoms with E-state index in [0.29, 0.717) is 0 Å². The molecule has 0 aliphatic rings. The van der Waals surface area contributed by atoms with E-state index in [2.05, 4.69) is 5.32 Å². The predicted molar refractivity (Wildman–Crippen MR) is 76.9 cm³/mol. The van der Waals surface area contributed by atoms with Gasteiger partial charge in [0.25, 0.3) is 11.8 Å². The van der Waals surface area contributed by atoms with Crippen LogP contribution in [0.1, 0.15) is 23.7 Å². The molecule has 1 rings (SSSR count). The van der Waals surface area contributed by atoms with Crippen LogP contribution < -0.4 is 20.5 Å². The summed E-state index contributed by atoms with van der Waals surface area (Å²) in [6.07, 6.45) is -0.178. The van der Waals surface area contributed by atoms with Gasteiger partial charge in [0.2, 0.25) is 0 Å². The number of ether oxygens (including phenoxy) is 2. The summed E-state index contributed by atoms with van der Waals surface area (Å²) in [6.45, 7) is 1.28. The van der Waals surface area contributed by atoms with Gasteiger partial charge in [-0.2, -0.15) is 0 Å². The Morgan fingerprint density at radius 2 is 2.00 bits per heavy atom. The second kappa shape index (κ2) is 7.87. The van der Waals surface area contributed by atoms with Crippen molar-refractivity contribution >= 4 is 17.8 Å². The maximum Gasteiger partial charge on any atom is 0.305 e. The highest BCUT2D eigenvalue weighted by Crippen LogP contribution is 2.28. The van der Waals surface area contributed by atoms with Crippen molar-refractivity contribution < 1.29 is 29.0 Å². The molecule has 0 heterocycles. The third-order valence-electron chi connectivity index (χ3n) is 2.65. The number of carbonyl (C=O) groups is 3. The van der Waals surface area contributed by atoms with Gasteiger partial charge in [-0.25, -0.2) is 0 Å². The molecule has 1 aromatic rings. The van der Waals surface area contributed by atoms with Crippen molar-refractivity contribution in [1.82, 2.24) is 5.32 Å². The molecule has 0 saturated carbocycles. The lowest BCUT2D eigenvalue weighted by Gasteiger charge is -2.14. The summed E-state index contributed by atoms with van der Waals surface area (Å²) >= 11 is 0. The number of rotatable bonds is 8. The van der Waals surface area contributed by atoms with Crippen LogP contribution in [0.25, 0.3) is 0 Å². The third-order valence-corrected chi connectivity index (χ3v) is 2.65. The number of amides is 2. The van der Waals surface area contributed by atoms with Crippen LogP contribution in [0.15, 0.2) is 18.2 Å². The molecule has 4 N–H and O–H groups in total. The highest BCUT2D eigenvalue weighted by Gasteiger charge is 2.15. The molecule has 2 amide bonds. The first-order valence-corrected chi connectivity index (χ1v) is 6.45. The zero-order chi connectivity index (χ0) is 16.7. The minimum atomic E-state index is -0.999. The predicted octanol–water partition coefficient (Wildman–Crippen LogP) is 0.152. The Balaban J connectivity index is 2.81. The number of benzene rings is 1. The number of primary amides is 1. The number of carbonyl (C=O) groups excluding carboxylic acids is 2. The Morgan fingerprint density at radius 3 is 2.55 bits per heavy atom. The first-order chi connectivity index (χ1) is 10.3. The van der Waals surface area contributed by atoms with Gasteiger partial charge in [-0.05, 0) is 25.1 Å². The number of hydrogen-bond acceptors (Lipinski definition) is 5. The smallest absolute Gasteiger partial charge is 0.305 e. The second-order valence-corrected chi connectivity index (χ2v) is 4.59. The highest BCUT2D eigenvalue weighted by atomic mass is 16.5. The lowest BCUT2D eigenvalue weighted by atomic mass is 10.1. The average molecular weight is 310 g/mol. The third kappa shape index (κ3) is 5.31. The van der Waals surface area contributed by atoms with Crippen LogP contribution in [-0.4, -0.2) is 42.6 Å². The summed E-state index contributed by atoms with van der Waals surface area (Å²) in [5, 5.41) is 11.2. The second-order valence-electron chi connectivity index (χ2n) is 4.59. The number of nitrogens with one attached hydrogen (secondary N) is 1. The maximum absolute atomic E-state index is 12.0. The molecule has 120 valence electrons. The molecule has 0 radical (unpaired) electrons. The quantitative estimate of drug-likeness (QED) is 0.627. The monoisotopic (exact) mass is 310 g/mol. The minimum absolute atomic E-state index is 0.178. The summed E-state index contributed by atoms with van der Waals surface area (Å²) in [7, 11) is 1.39. The first-order valence-electron chi connectivity index (χ1n) is 6.45. The van der Waals surface area contributed by atoms with Crippen molar-refractivity contribution in [3.8, 4) is 11.5 Å². The van der Waals surface area contributed by atoms with E-state index in [1.807, 2.05) is 0 Å². The first kappa shape index (κ1) is 17.3. The van der Waals surface area contributed by atoms with E-state index in [1.54, 1.807) is 6.92 Å². The van der Waals surface area contributed by atoms with Gasteiger partial charge in [-0.1, -0.05) is 0 Å². The molecule has 0 fully saturated rings. The zero-order valence-electron chi connectivity index (χ0n) is 12.3. The number of carboxylic acids is 1. The Morgan fingerprint density at radius 1 is 1.32 bits per heavy atom. The summed E-state index contributed by atoms with van der Waals surface area (Å²) < 4.78 is 10.2. The number of methoxy groups -OCH3 is 1. The van der Waals surface area contributed by atoms with Gasteiger partial charge >= 0.3 is 5.97 Å². The van der Waals surface area contributed by atoms with E-state index in [0.717, 1.165) is 0 Å². The summed E-state index contributed by atoms with van der Waals surface area (Å²) in [5.41, 5.74) is 5.27. The SMILES string of the molecule is COc1cc(C(=O)NC(C)CC(=O)O)ccc1OCC(N)=O. The fourth-order valence-electron chi connectivity index (χ4n) is 1.70. The van der Waals surface area contributed by atoms with E-state index in [-0.39, 0.29) is 30.1 Å². The van der Waals surface area contributed by atoms with Crippen molar-refractivity contribution in [1.29, 1.82) is 0 Å². The number of hydrogen-bond donors (Lipinski definition) is 3. The van der Waals surface area contributed by atoms with Crippen LogP contribution in [0.3, 0.4) is 0 Å². The summed E-state index contributed by atoms with van der Waals surface area (Å²) in [5.74, 6) is -1.53. The normalized spacial score (nSPS) is 11.4. The summed E-state index contributed by atoms with van der Waals surface area (Å²) in [6, 6.07) is 3.86. The fourth-order valence-corrected chi connectivity index (χ4v) is 1.70.